The highest BCUT2D eigenvalue weighted by Crippen LogP contribution is 2.27. The van der Waals surface area contributed by atoms with Crippen LogP contribution in [0.3, 0.4) is 0 Å². The molecule has 4 nitrogen and oxygen atoms in total. The molecule has 0 aromatic heterocycles. The Morgan fingerprint density at radius 1 is 1.33 bits per heavy atom. The van der Waals surface area contributed by atoms with Crippen molar-refractivity contribution >= 4 is 23.4 Å². The third kappa shape index (κ3) is 3.21. The fraction of sp³-hybridized carbons (Fsp3) is 0.500. The minimum Gasteiger partial charge on any atom is -0.351 e. The summed E-state index contributed by atoms with van der Waals surface area (Å²) in [5.41, 5.74) is 0.943. The van der Waals surface area contributed by atoms with E-state index in [4.69, 9.17) is 11.6 Å². The summed E-state index contributed by atoms with van der Waals surface area (Å²) in [4.78, 5) is 25.8. The van der Waals surface area contributed by atoms with Gasteiger partial charge in [-0.15, -0.1) is 0 Å². The molecule has 2 aliphatic rings. The number of halogens is 1. The average molecular weight is 307 g/mol. The molecule has 112 valence electrons. The van der Waals surface area contributed by atoms with Crippen LogP contribution in [0.2, 0.25) is 5.02 Å². The second-order valence-electron chi connectivity index (χ2n) is 5.90. The summed E-state index contributed by atoms with van der Waals surface area (Å²) in [6.45, 7) is 1.08. The van der Waals surface area contributed by atoms with Gasteiger partial charge in [0.25, 0.3) is 0 Å². The number of rotatable bonds is 4. The summed E-state index contributed by atoms with van der Waals surface area (Å²) < 4.78 is 0. The summed E-state index contributed by atoms with van der Waals surface area (Å²) in [6.07, 6.45) is 3.49. The van der Waals surface area contributed by atoms with Crippen LogP contribution in [-0.2, 0) is 16.1 Å². The van der Waals surface area contributed by atoms with Crippen molar-refractivity contribution in [2.75, 3.05) is 6.54 Å². The first-order valence-electron chi connectivity index (χ1n) is 7.45. The van der Waals surface area contributed by atoms with Gasteiger partial charge < -0.3 is 10.2 Å². The second-order valence-corrected chi connectivity index (χ2v) is 6.31. The summed E-state index contributed by atoms with van der Waals surface area (Å²) >= 11 is 6.13. The zero-order valence-corrected chi connectivity index (χ0v) is 12.6. The number of amides is 2. The predicted molar refractivity (Wildman–Crippen MR) is 80.8 cm³/mol. The lowest BCUT2D eigenvalue weighted by molar-refractivity contribution is -0.128. The molecule has 3 rings (SSSR count). The SMILES string of the molecule is O=C(N[C@H]1CC(=O)N(Cc2ccccc2Cl)C1)C1CCC1. The first kappa shape index (κ1) is 14.4. The largest absolute Gasteiger partial charge is 0.351 e. The van der Waals surface area contributed by atoms with Crippen LogP contribution in [0.25, 0.3) is 0 Å². The topological polar surface area (TPSA) is 49.4 Å². The Morgan fingerprint density at radius 3 is 2.76 bits per heavy atom. The maximum Gasteiger partial charge on any atom is 0.225 e. The van der Waals surface area contributed by atoms with Gasteiger partial charge in [-0.25, -0.2) is 0 Å². The van der Waals surface area contributed by atoms with Crippen LogP contribution < -0.4 is 5.32 Å². The van der Waals surface area contributed by atoms with Crippen molar-refractivity contribution in [3.63, 3.8) is 0 Å². The van der Waals surface area contributed by atoms with Gasteiger partial charge in [0, 0.05) is 30.5 Å². The van der Waals surface area contributed by atoms with Gasteiger partial charge in [-0.3, -0.25) is 9.59 Å². The molecule has 1 saturated carbocycles. The van der Waals surface area contributed by atoms with Crippen LogP contribution in [0.4, 0.5) is 0 Å². The van der Waals surface area contributed by atoms with Crippen molar-refractivity contribution in [2.45, 2.75) is 38.3 Å². The highest BCUT2D eigenvalue weighted by molar-refractivity contribution is 6.31. The van der Waals surface area contributed by atoms with E-state index < -0.39 is 0 Å². The highest BCUT2D eigenvalue weighted by atomic mass is 35.5. The Hall–Kier alpha value is -1.55. The molecular formula is C16H19ClN2O2. The van der Waals surface area contributed by atoms with Gasteiger partial charge in [-0.05, 0) is 24.5 Å². The zero-order chi connectivity index (χ0) is 14.8. The third-order valence-corrected chi connectivity index (χ3v) is 4.72. The minimum atomic E-state index is -0.0620. The van der Waals surface area contributed by atoms with Gasteiger partial charge in [-0.2, -0.15) is 0 Å². The van der Waals surface area contributed by atoms with Crippen molar-refractivity contribution in [1.82, 2.24) is 10.2 Å². The Kier molecular flexibility index (Phi) is 4.15. The maximum absolute atomic E-state index is 12.1. The monoisotopic (exact) mass is 306 g/mol. The fourth-order valence-electron chi connectivity index (χ4n) is 2.84. The van der Waals surface area contributed by atoms with Gasteiger partial charge in [-0.1, -0.05) is 36.2 Å². The van der Waals surface area contributed by atoms with Crippen LogP contribution >= 0.6 is 11.6 Å². The molecule has 21 heavy (non-hydrogen) atoms. The van der Waals surface area contributed by atoms with E-state index in [1.807, 2.05) is 24.3 Å². The molecule has 0 bridgehead atoms. The van der Waals surface area contributed by atoms with Crippen molar-refractivity contribution in [3.05, 3.63) is 34.9 Å². The number of hydrogen-bond acceptors (Lipinski definition) is 2. The summed E-state index contributed by atoms with van der Waals surface area (Å²) in [7, 11) is 0. The van der Waals surface area contributed by atoms with E-state index in [2.05, 4.69) is 5.32 Å². The van der Waals surface area contributed by atoms with Crippen molar-refractivity contribution in [2.24, 2.45) is 5.92 Å². The Bertz CT molecular complexity index is 557. The van der Waals surface area contributed by atoms with Gasteiger partial charge >= 0.3 is 0 Å². The van der Waals surface area contributed by atoms with Gasteiger partial charge in [0.1, 0.15) is 0 Å². The quantitative estimate of drug-likeness (QED) is 0.928. The van der Waals surface area contributed by atoms with E-state index in [1.165, 1.54) is 0 Å². The summed E-state index contributed by atoms with van der Waals surface area (Å²) in [5.74, 6) is 0.352. The summed E-state index contributed by atoms with van der Waals surface area (Å²) in [5, 5.41) is 3.68. The zero-order valence-electron chi connectivity index (χ0n) is 11.8. The highest BCUT2D eigenvalue weighted by Gasteiger charge is 2.33. The lowest BCUT2D eigenvalue weighted by Crippen LogP contribution is -2.42. The molecule has 0 spiro atoms. The van der Waals surface area contributed by atoms with Crippen LogP contribution in [0.5, 0.6) is 0 Å². The molecule has 1 heterocycles. The van der Waals surface area contributed by atoms with E-state index >= 15 is 0 Å². The number of likely N-dealkylation sites (tertiary alicyclic amines) is 1. The molecule has 1 N–H and O–H groups in total. The van der Waals surface area contributed by atoms with Crippen LogP contribution in [0, 0.1) is 5.92 Å². The number of benzene rings is 1. The third-order valence-electron chi connectivity index (χ3n) is 4.36. The molecule has 0 unspecified atom stereocenters. The molecule has 1 atom stereocenters. The summed E-state index contributed by atoms with van der Waals surface area (Å²) in [6, 6.07) is 7.48. The lowest BCUT2D eigenvalue weighted by atomic mass is 9.84. The first-order valence-corrected chi connectivity index (χ1v) is 7.83. The average Bonchev–Trinajstić information content (AvgIpc) is 2.70. The molecule has 1 aromatic carbocycles. The molecular weight excluding hydrogens is 288 g/mol. The van der Waals surface area contributed by atoms with Crippen molar-refractivity contribution in [1.29, 1.82) is 0 Å². The van der Waals surface area contributed by atoms with E-state index in [1.54, 1.807) is 4.90 Å². The number of nitrogens with zero attached hydrogens (tertiary/aromatic N) is 1. The number of hydrogen-bond donors (Lipinski definition) is 1. The standard InChI is InChI=1S/C16H19ClN2O2/c17-14-7-2-1-4-12(14)9-19-10-13(8-15(19)20)18-16(21)11-5-3-6-11/h1-2,4,7,11,13H,3,5-6,8-10H2,(H,18,21)/t13-/m0/s1. The van der Waals surface area contributed by atoms with Crippen LogP contribution in [0.15, 0.2) is 24.3 Å². The van der Waals surface area contributed by atoms with Crippen LogP contribution in [0.1, 0.15) is 31.2 Å². The van der Waals surface area contributed by atoms with Crippen molar-refractivity contribution < 1.29 is 9.59 Å². The van der Waals surface area contributed by atoms with E-state index in [0.29, 0.717) is 24.5 Å². The number of carbonyl (C=O) groups excluding carboxylic acids is 2. The maximum atomic E-state index is 12.1. The minimum absolute atomic E-state index is 0.0620. The number of nitrogens with one attached hydrogen (secondary N) is 1. The fourth-order valence-corrected chi connectivity index (χ4v) is 3.04. The van der Waals surface area contributed by atoms with E-state index in [0.717, 1.165) is 24.8 Å². The van der Waals surface area contributed by atoms with Crippen molar-refractivity contribution in [3.8, 4) is 0 Å². The van der Waals surface area contributed by atoms with Crippen LogP contribution in [-0.4, -0.2) is 29.3 Å². The van der Waals surface area contributed by atoms with E-state index in [9.17, 15) is 9.59 Å². The first-order chi connectivity index (χ1) is 10.1. The molecule has 0 radical (unpaired) electrons. The van der Waals surface area contributed by atoms with Gasteiger partial charge in [0.05, 0.1) is 6.04 Å². The Morgan fingerprint density at radius 2 is 2.10 bits per heavy atom. The van der Waals surface area contributed by atoms with E-state index in [-0.39, 0.29) is 23.8 Å². The normalized spacial score (nSPS) is 22.2. The second kappa shape index (κ2) is 6.06. The predicted octanol–water partition coefficient (Wildman–Crippen LogP) is 2.36. The molecule has 2 fully saturated rings. The molecule has 2 amide bonds. The molecule has 1 aliphatic heterocycles. The number of carbonyl (C=O) groups is 2. The Labute approximate surface area is 129 Å². The lowest BCUT2D eigenvalue weighted by Gasteiger charge is -2.26. The van der Waals surface area contributed by atoms with Gasteiger partial charge in [0.15, 0.2) is 0 Å². The Balaban J connectivity index is 1.57. The molecule has 1 aromatic rings. The molecule has 1 aliphatic carbocycles. The molecule has 5 heteroatoms. The molecule has 1 saturated heterocycles. The van der Waals surface area contributed by atoms with Gasteiger partial charge in [0.2, 0.25) is 11.8 Å². The smallest absolute Gasteiger partial charge is 0.225 e.